The number of hydrogen-bond acceptors (Lipinski definition) is 11. The van der Waals surface area contributed by atoms with Crippen LogP contribution < -0.4 is 27.2 Å². The number of carboxylic acid groups (broad SMARTS) is 3. The van der Waals surface area contributed by atoms with Crippen LogP contribution in [-0.2, 0) is 11.3 Å². The van der Waals surface area contributed by atoms with E-state index in [9.17, 15) is 49.2 Å². The van der Waals surface area contributed by atoms with Crippen LogP contribution in [0.1, 0.15) is 47.0 Å². The first-order chi connectivity index (χ1) is 31.2. The summed E-state index contributed by atoms with van der Waals surface area (Å²) in [6.45, 7) is -0.262. The molecule has 0 atom stereocenters. The van der Waals surface area contributed by atoms with Crippen LogP contribution in [0.15, 0.2) is 141 Å². The number of nitrogens with one attached hydrogen (secondary N) is 3. The highest BCUT2D eigenvalue weighted by atomic mass is 16.4. The number of carbonyl (C=O) groups is 5. The molecule has 2 heterocycles. The number of allylic oxidation sites excluding steroid dienone is 2. The lowest BCUT2D eigenvalue weighted by molar-refractivity contribution is -0.116. The van der Waals surface area contributed by atoms with Crippen LogP contribution in [0.5, 0.6) is 5.75 Å². The zero-order valence-corrected chi connectivity index (χ0v) is 33.7. The maximum absolute atomic E-state index is 13.2. The Morgan fingerprint density at radius 1 is 0.646 bits per heavy atom. The van der Waals surface area contributed by atoms with Crippen LogP contribution in [0.25, 0.3) is 66.8 Å². The Balaban J connectivity index is 0.975. The SMILES string of the molecule is N=c1ccc2c(-c3ccc(C(=O)NC/C=C/C=C/C(=O)NCc4c(O)ccc5c(-c6ccc(C(=O)O)cc6C(=O)O)c6ccc(=O)cc-6oc45)cc3C(=O)O)c3ccc(N)cc3oc-2c1. The van der Waals surface area contributed by atoms with Crippen LogP contribution >= 0.6 is 0 Å². The molecule has 2 amide bonds. The number of hydrogen-bond donors (Lipinski definition) is 8. The average Bonchev–Trinajstić information content (AvgIpc) is 3.27. The van der Waals surface area contributed by atoms with Crippen molar-refractivity contribution in [3.63, 3.8) is 0 Å². The summed E-state index contributed by atoms with van der Waals surface area (Å²) < 4.78 is 12.1. The third-order valence-corrected chi connectivity index (χ3v) is 10.5. The summed E-state index contributed by atoms with van der Waals surface area (Å²) in [6, 6.07) is 24.4. The van der Waals surface area contributed by atoms with E-state index < -0.39 is 35.2 Å². The molecule has 8 rings (SSSR count). The molecule has 2 aliphatic carbocycles. The largest absolute Gasteiger partial charge is 0.507 e. The van der Waals surface area contributed by atoms with Crippen molar-refractivity contribution in [2.24, 2.45) is 0 Å². The van der Waals surface area contributed by atoms with Gasteiger partial charge in [0.1, 0.15) is 28.4 Å². The van der Waals surface area contributed by atoms with E-state index in [1.807, 2.05) is 0 Å². The van der Waals surface area contributed by atoms with Crippen molar-refractivity contribution in [1.29, 1.82) is 5.41 Å². The van der Waals surface area contributed by atoms with Crippen molar-refractivity contribution in [2.75, 3.05) is 12.3 Å². The van der Waals surface area contributed by atoms with Gasteiger partial charge in [0.2, 0.25) is 5.91 Å². The lowest BCUT2D eigenvalue weighted by atomic mass is 9.89. The zero-order valence-electron chi connectivity index (χ0n) is 33.7. The molecule has 0 unspecified atom stereocenters. The molecule has 322 valence electrons. The standard InChI is InChI=1S/C49H34N4O12/c50-26-7-12-31-39(20-26)64-40-21-27(51)8-13-32(40)43(31)29-10-5-24(18-35(29)48(60)61)46(57)52-17-3-1-2-4-42(56)53-23-37-38(55)16-15-34-44(33-14-9-28(54)22-41(33)65-45(34)37)30-11-6-25(47(58)59)19-36(30)49(62)63/h1-16,18-22,50,55H,17,23,51H2,(H,52,57)(H,53,56)(H,58,59)(H,60,61)(H,62,63)/b3-1+,4-2+,50-26?. The van der Waals surface area contributed by atoms with Crippen molar-refractivity contribution in [3.8, 4) is 50.7 Å². The molecule has 4 aromatic rings. The number of benzene rings is 6. The van der Waals surface area contributed by atoms with E-state index in [2.05, 4.69) is 10.6 Å². The maximum Gasteiger partial charge on any atom is 0.336 e. The van der Waals surface area contributed by atoms with Crippen LogP contribution in [0, 0.1) is 5.41 Å². The quantitative estimate of drug-likeness (QED) is 0.0263. The second-order valence-electron chi connectivity index (χ2n) is 14.7. The zero-order chi connectivity index (χ0) is 46.1. The van der Waals surface area contributed by atoms with Gasteiger partial charge in [0.05, 0.1) is 34.2 Å². The molecule has 16 heteroatoms. The summed E-state index contributed by atoms with van der Waals surface area (Å²) in [5.41, 5.74) is 8.10. The lowest BCUT2D eigenvalue weighted by Gasteiger charge is -2.19. The van der Waals surface area contributed by atoms with Gasteiger partial charge in [-0.1, -0.05) is 30.4 Å². The summed E-state index contributed by atoms with van der Waals surface area (Å²) in [6.07, 6.45) is 5.63. The summed E-state index contributed by atoms with van der Waals surface area (Å²) >= 11 is 0. The molecule has 0 aromatic heterocycles. The molecule has 65 heavy (non-hydrogen) atoms. The maximum atomic E-state index is 13.2. The highest BCUT2D eigenvalue weighted by Gasteiger charge is 2.26. The van der Waals surface area contributed by atoms with Gasteiger partial charge < -0.3 is 51.0 Å². The van der Waals surface area contributed by atoms with Crippen LogP contribution in [0.4, 0.5) is 5.69 Å². The fraction of sp³-hybridized carbons (Fsp3) is 0.0408. The van der Waals surface area contributed by atoms with Crippen molar-refractivity contribution < 1.29 is 53.2 Å². The second kappa shape index (κ2) is 17.2. The number of carboxylic acids is 3. The first kappa shape index (κ1) is 42.4. The molecule has 0 radical (unpaired) electrons. The molecule has 2 aliphatic heterocycles. The molecule has 16 nitrogen and oxygen atoms in total. The Kier molecular flexibility index (Phi) is 11.2. The first-order valence-corrected chi connectivity index (χ1v) is 19.6. The third-order valence-electron chi connectivity index (χ3n) is 10.5. The summed E-state index contributed by atoms with van der Waals surface area (Å²) in [5, 5.41) is 55.3. The number of amides is 2. The molecule has 9 N–H and O–H groups in total. The fourth-order valence-corrected chi connectivity index (χ4v) is 7.57. The number of phenols is 1. The topological polar surface area (TPSA) is 284 Å². The van der Waals surface area contributed by atoms with Gasteiger partial charge in [-0.25, -0.2) is 14.4 Å². The highest BCUT2D eigenvalue weighted by Crippen LogP contribution is 2.44. The van der Waals surface area contributed by atoms with E-state index in [0.717, 1.165) is 6.07 Å². The highest BCUT2D eigenvalue weighted by molar-refractivity contribution is 6.11. The summed E-state index contributed by atoms with van der Waals surface area (Å²) in [7, 11) is 0. The van der Waals surface area contributed by atoms with E-state index in [1.165, 1.54) is 78.9 Å². The lowest BCUT2D eigenvalue weighted by Crippen LogP contribution is -2.23. The number of fused-ring (bicyclic) bond motifs is 4. The van der Waals surface area contributed by atoms with Gasteiger partial charge in [-0.15, -0.1) is 0 Å². The molecule has 0 spiro atoms. The minimum Gasteiger partial charge on any atom is -0.507 e. The third kappa shape index (κ3) is 8.37. The number of nitrogens with two attached hydrogens (primary N) is 1. The van der Waals surface area contributed by atoms with Gasteiger partial charge in [-0.05, 0) is 83.9 Å². The minimum absolute atomic E-state index is 0.0106. The molecule has 4 aromatic carbocycles. The predicted octanol–water partition coefficient (Wildman–Crippen LogP) is 7.10. The number of rotatable bonds is 12. The Morgan fingerprint density at radius 2 is 1.28 bits per heavy atom. The number of aromatic hydroxyl groups is 1. The number of phenolic OH excluding ortho intramolecular Hbond substituents is 1. The van der Waals surface area contributed by atoms with E-state index in [0.29, 0.717) is 55.6 Å². The number of carbonyl (C=O) groups excluding carboxylic acids is 2. The van der Waals surface area contributed by atoms with Crippen molar-refractivity contribution in [1.82, 2.24) is 10.6 Å². The van der Waals surface area contributed by atoms with Gasteiger partial charge in [0.25, 0.3) is 5.91 Å². The first-order valence-electron chi connectivity index (χ1n) is 19.6. The van der Waals surface area contributed by atoms with Gasteiger partial charge in [-0.2, -0.15) is 0 Å². The van der Waals surface area contributed by atoms with Crippen molar-refractivity contribution in [3.05, 3.63) is 171 Å². The Hall–Kier alpha value is -9.31. The van der Waals surface area contributed by atoms with Crippen LogP contribution in [0.2, 0.25) is 0 Å². The molecule has 0 fully saturated rings. The van der Waals surface area contributed by atoms with Gasteiger partial charge in [-0.3, -0.25) is 14.4 Å². The summed E-state index contributed by atoms with van der Waals surface area (Å²) in [4.78, 5) is 75.1. The number of anilines is 1. The van der Waals surface area contributed by atoms with Crippen LogP contribution in [-0.4, -0.2) is 56.7 Å². The average molecular weight is 871 g/mol. The predicted molar refractivity (Wildman–Crippen MR) is 238 cm³/mol. The van der Waals surface area contributed by atoms with Gasteiger partial charge in [0.15, 0.2) is 5.43 Å². The van der Waals surface area contributed by atoms with E-state index in [1.54, 1.807) is 42.5 Å². The Labute approximate surface area is 366 Å². The van der Waals surface area contributed by atoms with Crippen LogP contribution in [0.3, 0.4) is 0 Å². The molecular formula is C49H34N4O12. The van der Waals surface area contributed by atoms with E-state index in [-0.39, 0.29) is 68.9 Å². The van der Waals surface area contributed by atoms with E-state index >= 15 is 0 Å². The number of nitrogen functional groups attached to an aromatic ring is 1. The molecule has 0 saturated carbocycles. The second-order valence-corrected chi connectivity index (χ2v) is 14.7. The number of aromatic carboxylic acids is 3. The van der Waals surface area contributed by atoms with Crippen molar-refractivity contribution >= 4 is 57.3 Å². The minimum atomic E-state index is -1.40. The fourth-order valence-electron chi connectivity index (χ4n) is 7.57. The normalized spacial score (nSPS) is 11.5. The molecule has 0 bridgehead atoms. The van der Waals surface area contributed by atoms with Gasteiger partial charge in [0, 0.05) is 75.1 Å². The van der Waals surface area contributed by atoms with Gasteiger partial charge >= 0.3 is 17.9 Å². The smallest absolute Gasteiger partial charge is 0.336 e. The molecule has 0 saturated heterocycles. The summed E-state index contributed by atoms with van der Waals surface area (Å²) in [5.74, 6) is -5.02. The molecule has 4 aliphatic rings. The molecular weight excluding hydrogens is 837 g/mol. The monoisotopic (exact) mass is 870 g/mol. The van der Waals surface area contributed by atoms with Crippen molar-refractivity contribution in [2.45, 2.75) is 6.54 Å². The Morgan fingerprint density at radius 3 is 1.98 bits per heavy atom. The van der Waals surface area contributed by atoms with E-state index in [4.69, 9.17) is 20.0 Å². The Bertz CT molecular complexity index is 3440.